The number of carbonyl (C=O) groups excluding carboxylic acids is 2. The second-order valence-corrected chi connectivity index (χ2v) is 5.88. The van der Waals surface area contributed by atoms with Gasteiger partial charge in [0.2, 0.25) is 0 Å². The quantitative estimate of drug-likeness (QED) is 0.784. The number of rotatable bonds is 5. The van der Waals surface area contributed by atoms with Gasteiger partial charge in [-0.05, 0) is 36.6 Å². The fraction of sp³-hybridized carbons (Fsp3) is 0.316. The molecule has 1 saturated heterocycles. The number of pyridine rings is 1. The SMILES string of the molecule is O=C(OCCc1ccccc1F)[C@@H]1CCCN1C(=O)c1ccccn1. The van der Waals surface area contributed by atoms with E-state index in [4.69, 9.17) is 4.74 Å². The molecule has 1 atom stereocenters. The third-order valence-corrected chi connectivity index (χ3v) is 4.24. The third kappa shape index (κ3) is 4.02. The van der Waals surface area contributed by atoms with Gasteiger partial charge in [-0.2, -0.15) is 0 Å². The number of likely N-dealkylation sites (tertiary alicyclic amines) is 1. The van der Waals surface area contributed by atoms with Crippen LogP contribution in [-0.4, -0.2) is 41.0 Å². The molecule has 1 amide bonds. The maximum Gasteiger partial charge on any atom is 0.328 e. The second kappa shape index (κ2) is 7.88. The molecule has 1 aliphatic heterocycles. The lowest BCUT2D eigenvalue weighted by Crippen LogP contribution is -2.41. The minimum absolute atomic E-state index is 0.0852. The minimum Gasteiger partial charge on any atom is -0.464 e. The molecule has 25 heavy (non-hydrogen) atoms. The highest BCUT2D eigenvalue weighted by Crippen LogP contribution is 2.21. The Morgan fingerprint density at radius 1 is 1.20 bits per heavy atom. The monoisotopic (exact) mass is 342 g/mol. The van der Waals surface area contributed by atoms with Crippen LogP contribution >= 0.6 is 0 Å². The van der Waals surface area contributed by atoms with E-state index in [0.717, 1.165) is 6.42 Å². The zero-order valence-corrected chi connectivity index (χ0v) is 13.7. The summed E-state index contributed by atoms with van der Waals surface area (Å²) >= 11 is 0. The van der Waals surface area contributed by atoms with Gasteiger partial charge in [0.15, 0.2) is 0 Å². The van der Waals surface area contributed by atoms with Crippen molar-refractivity contribution in [1.29, 1.82) is 0 Å². The van der Waals surface area contributed by atoms with E-state index in [1.807, 2.05) is 0 Å². The lowest BCUT2D eigenvalue weighted by Gasteiger charge is -2.22. The first-order chi connectivity index (χ1) is 12.2. The normalized spacial score (nSPS) is 16.7. The highest BCUT2D eigenvalue weighted by atomic mass is 19.1. The number of hydrogen-bond donors (Lipinski definition) is 0. The van der Waals surface area contributed by atoms with E-state index in [0.29, 0.717) is 30.6 Å². The predicted octanol–water partition coefficient (Wildman–Crippen LogP) is 2.61. The zero-order chi connectivity index (χ0) is 17.6. The molecule has 1 aromatic heterocycles. The number of esters is 1. The van der Waals surface area contributed by atoms with Crippen LogP contribution in [0.15, 0.2) is 48.7 Å². The summed E-state index contributed by atoms with van der Waals surface area (Å²) in [6.07, 6.45) is 3.16. The smallest absolute Gasteiger partial charge is 0.328 e. The number of aromatic nitrogens is 1. The minimum atomic E-state index is -0.602. The molecule has 0 saturated carbocycles. The van der Waals surface area contributed by atoms with Crippen molar-refractivity contribution in [3.8, 4) is 0 Å². The molecule has 3 rings (SSSR count). The van der Waals surface area contributed by atoms with Crippen molar-refractivity contribution in [1.82, 2.24) is 9.88 Å². The fourth-order valence-electron chi connectivity index (χ4n) is 2.95. The van der Waals surface area contributed by atoms with Gasteiger partial charge >= 0.3 is 5.97 Å². The summed E-state index contributed by atoms with van der Waals surface area (Å²) in [7, 11) is 0. The van der Waals surface area contributed by atoms with Crippen molar-refractivity contribution in [2.45, 2.75) is 25.3 Å². The summed E-state index contributed by atoms with van der Waals surface area (Å²) in [6.45, 7) is 0.588. The molecule has 0 unspecified atom stereocenters. The molecule has 1 aliphatic rings. The van der Waals surface area contributed by atoms with Crippen LogP contribution in [-0.2, 0) is 16.0 Å². The summed E-state index contributed by atoms with van der Waals surface area (Å²) in [5.74, 6) is -1.03. The maximum atomic E-state index is 13.6. The number of benzene rings is 1. The number of ether oxygens (including phenoxy) is 1. The Hall–Kier alpha value is -2.76. The standard InChI is InChI=1S/C19H19FN2O3/c20-15-7-2-1-6-14(15)10-13-25-19(24)17-9-5-12-22(17)18(23)16-8-3-4-11-21-16/h1-4,6-8,11,17H,5,9-10,12-13H2/t17-/m0/s1. The summed E-state index contributed by atoms with van der Waals surface area (Å²) in [4.78, 5) is 30.4. The summed E-state index contributed by atoms with van der Waals surface area (Å²) < 4.78 is 18.9. The zero-order valence-electron chi connectivity index (χ0n) is 13.7. The van der Waals surface area contributed by atoms with Crippen molar-refractivity contribution in [3.05, 3.63) is 65.7 Å². The topological polar surface area (TPSA) is 59.5 Å². The van der Waals surface area contributed by atoms with Crippen LogP contribution in [0.4, 0.5) is 4.39 Å². The number of carbonyl (C=O) groups is 2. The molecular formula is C19H19FN2O3. The van der Waals surface area contributed by atoms with Crippen molar-refractivity contribution < 1.29 is 18.7 Å². The van der Waals surface area contributed by atoms with Gasteiger partial charge in [-0.15, -0.1) is 0 Å². The maximum absolute atomic E-state index is 13.6. The van der Waals surface area contributed by atoms with E-state index >= 15 is 0 Å². The van der Waals surface area contributed by atoms with Crippen LogP contribution in [0.1, 0.15) is 28.9 Å². The van der Waals surface area contributed by atoms with Crippen LogP contribution < -0.4 is 0 Å². The summed E-state index contributed by atoms with van der Waals surface area (Å²) in [5.41, 5.74) is 0.816. The summed E-state index contributed by atoms with van der Waals surface area (Å²) in [6, 6.07) is 10.9. The first-order valence-electron chi connectivity index (χ1n) is 8.29. The second-order valence-electron chi connectivity index (χ2n) is 5.88. The Bertz CT molecular complexity index is 751. The van der Waals surface area contributed by atoms with Crippen molar-refractivity contribution in [2.24, 2.45) is 0 Å². The van der Waals surface area contributed by atoms with Crippen LogP contribution in [0.3, 0.4) is 0 Å². The van der Waals surface area contributed by atoms with Gasteiger partial charge in [-0.25, -0.2) is 9.18 Å². The van der Waals surface area contributed by atoms with Gasteiger partial charge in [0.1, 0.15) is 17.6 Å². The van der Waals surface area contributed by atoms with E-state index in [1.165, 1.54) is 11.0 Å². The molecule has 5 nitrogen and oxygen atoms in total. The van der Waals surface area contributed by atoms with E-state index in [-0.39, 0.29) is 18.3 Å². The Balaban J connectivity index is 1.57. The van der Waals surface area contributed by atoms with E-state index in [2.05, 4.69) is 4.98 Å². The Labute approximate surface area is 145 Å². The molecule has 2 heterocycles. The summed E-state index contributed by atoms with van der Waals surface area (Å²) in [5, 5.41) is 0. The van der Waals surface area contributed by atoms with Gasteiger partial charge in [-0.1, -0.05) is 24.3 Å². The van der Waals surface area contributed by atoms with Crippen molar-refractivity contribution in [2.75, 3.05) is 13.2 Å². The lowest BCUT2D eigenvalue weighted by molar-refractivity contribution is -0.148. The van der Waals surface area contributed by atoms with E-state index in [9.17, 15) is 14.0 Å². The Kier molecular flexibility index (Phi) is 5.38. The fourth-order valence-corrected chi connectivity index (χ4v) is 2.95. The van der Waals surface area contributed by atoms with Crippen LogP contribution in [0.2, 0.25) is 0 Å². The highest BCUT2D eigenvalue weighted by molar-refractivity contribution is 5.95. The van der Waals surface area contributed by atoms with Gasteiger partial charge in [0, 0.05) is 19.2 Å². The average molecular weight is 342 g/mol. The lowest BCUT2D eigenvalue weighted by atomic mass is 10.1. The van der Waals surface area contributed by atoms with E-state index < -0.39 is 12.0 Å². The molecule has 2 aromatic rings. The Morgan fingerprint density at radius 3 is 2.76 bits per heavy atom. The average Bonchev–Trinajstić information content (AvgIpc) is 3.13. The van der Waals surface area contributed by atoms with Crippen molar-refractivity contribution in [3.63, 3.8) is 0 Å². The first-order valence-corrected chi connectivity index (χ1v) is 8.29. The number of nitrogens with zero attached hydrogens (tertiary/aromatic N) is 2. The van der Waals surface area contributed by atoms with E-state index in [1.54, 1.807) is 42.6 Å². The molecule has 1 aromatic carbocycles. The molecule has 0 bridgehead atoms. The molecular weight excluding hydrogens is 323 g/mol. The number of hydrogen-bond acceptors (Lipinski definition) is 4. The molecule has 0 aliphatic carbocycles. The van der Waals surface area contributed by atoms with Crippen LogP contribution in [0.25, 0.3) is 0 Å². The third-order valence-electron chi connectivity index (χ3n) is 4.24. The van der Waals surface area contributed by atoms with Gasteiger partial charge in [-0.3, -0.25) is 9.78 Å². The highest BCUT2D eigenvalue weighted by Gasteiger charge is 2.36. The van der Waals surface area contributed by atoms with Crippen molar-refractivity contribution >= 4 is 11.9 Å². The van der Waals surface area contributed by atoms with Crippen LogP contribution in [0, 0.1) is 5.82 Å². The molecule has 1 fully saturated rings. The molecule has 130 valence electrons. The Morgan fingerprint density at radius 2 is 2.00 bits per heavy atom. The molecule has 0 radical (unpaired) electrons. The van der Waals surface area contributed by atoms with Gasteiger partial charge in [0.25, 0.3) is 5.91 Å². The molecule has 0 spiro atoms. The number of halogens is 1. The van der Waals surface area contributed by atoms with Gasteiger partial charge < -0.3 is 9.64 Å². The van der Waals surface area contributed by atoms with Gasteiger partial charge in [0.05, 0.1) is 6.61 Å². The predicted molar refractivity (Wildman–Crippen MR) is 89.4 cm³/mol. The van der Waals surface area contributed by atoms with Crippen LogP contribution in [0.5, 0.6) is 0 Å². The molecule has 6 heteroatoms. The molecule has 0 N–H and O–H groups in total. The first kappa shape index (κ1) is 17.1. The number of amides is 1. The largest absolute Gasteiger partial charge is 0.464 e.